The molecule has 17 heavy (non-hydrogen) atoms. The van der Waals surface area contributed by atoms with Gasteiger partial charge in [-0.05, 0) is 25.0 Å². The lowest BCUT2D eigenvalue weighted by atomic mass is 9.82. The Balaban J connectivity index is 1.88. The molecule has 5 heteroatoms. The molecule has 4 nitrogen and oxygen atoms in total. The minimum Gasteiger partial charge on any atom is -0.393 e. The van der Waals surface area contributed by atoms with Gasteiger partial charge in [0.1, 0.15) is 5.82 Å². The van der Waals surface area contributed by atoms with Crippen LogP contribution in [0.15, 0.2) is 28.8 Å². The van der Waals surface area contributed by atoms with Crippen molar-refractivity contribution in [2.45, 2.75) is 24.9 Å². The summed E-state index contributed by atoms with van der Waals surface area (Å²) < 4.78 is 18.6. The molecule has 0 unspecified atom stereocenters. The summed E-state index contributed by atoms with van der Waals surface area (Å²) in [6.45, 7) is 0. The van der Waals surface area contributed by atoms with E-state index in [1.54, 1.807) is 18.2 Å². The fourth-order valence-corrected chi connectivity index (χ4v) is 1.94. The Labute approximate surface area is 97.1 Å². The zero-order chi connectivity index (χ0) is 11.8. The zero-order valence-electron chi connectivity index (χ0n) is 9.01. The summed E-state index contributed by atoms with van der Waals surface area (Å²) in [5, 5.41) is 13.0. The van der Waals surface area contributed by atoms with Crippen LogP contribution in [0.4, 0.5) is 4.39 Å². The predicted molar refractivity (Wildman–Crippen MR) is 57.7 cm³/mol. The lowest BCUT2D eigenvalue weighted by Gasteiger charge is -2.27. The zero-order valence-corrected chi connectivity index (χ0v) is 9.01. The Morgan fingerprint density at radius 2 is 2.06 bits per heavy atom. The van der Waals surface area contributed by atoms with Crippen LogP contribution in [0.3, 0.4) is 0 Å². The van der Waals surface area contributed by atoms with Gasteiger partial charge in [-0.1, -0.05) is 17.3 Å². The second kappa shape index (κ2) is 3.92. The van der Waals surface area contributed by atoms with Crippen LogP contribution in [0.5, 0.6) is 0 Å². The van der Waals surface area contributed by atoms with Crippen LogP contribution in [0.2, 0.25) is 0 Å². The molecule has 88 valence electrons. The van der Waals surface area contributed by atoms with Crippen molar-refractivity contribution in [1.29, 1.82) is 0 Å². The Morgan fingerprint density at radius 1 is 1.29 bits per heavy atom. The van der Waals surface area contributed by atoms with E-state index in [4.69, 9.17) is 4.52 Å². The summed E-state index contributed by atoms with van der Waals surface area (Å²) in [4.78, 5) is 4.17. The molecule has 1 saturated carbocycles. The van der Waals surface area contributed by atoms with Gasteiger partial charge in [-0.15, -0.1) is 0 Å². The number of hydrogen-bond donors (Lipinski definition) is 1. The second-order valence-electron chi connectivity index (χ2n) is 4.26. The fourth-order valence-electron chi connectivity index (χ4n) is 1.94. The molecule has 1 aliphatic carbocycles. The molecule has 1 aromatic carbocycles. The van der Waals surface area contributed by atoms with Gasteiger partial charge < -0.3 is 9.63 Å². The van der Waals surface area contributed by atoms with Crippen LogP contribution in [-0.2, 0) is 0 Å². The van der Waals surface area contributed by atoms with Crippen molar-refractivity contribution in [3.8, 4) is 11.4 Å². The second-order valence-corrected chi connectivity index (χ2v) is 4.26. The topological polar surface area (TPSA) is 59.2 Å². The molecule has 0 radical (unpaired) electrons. The maximum atomic E-state index is 13.5. The first-order chi connectivity index (χ1) is 8.24. The molecule has 1 N–H and O–H groups in total. The summed E-state index contributed by atoms with van der Waals surface area (Å²) in [6.07, 6.45) is 1.00. The summed E-state index contributed by atoms with van der Waals surface area (Å²) in [6, 6.07) is 6.31. The van der Waals surface area contributed by atoms with E-state index in [-0.39, 0.29) is 23.7 Å². The molecule has 1 fully saturated rings. The van der Waals surface area contributed by atoms with Crippen molar-refractivity contribution < 1.29 is 14.0 Å². The molecule has 0 spiro atoms. The van der Waals surface area contributed by atoms with Gasteiger partial charge in [0.05, 0.1) is 11.7 Å². The average Bonchev–Trinajstić information content (AvgIpc) is 2.74. The van der Waals surface area contributed by atoms with Crippen molar-refractivity contribution in [2.75, 3.05) is 0 Å². The molecular formula is C12H11FN2O2. The molecule has 1 aliphatic rings. The van der Waals surface area contributed by atoms with Crippen LogP contribution in [-0.4, -0.2) is 21.4 Å². The number of rotatable bonds is 2. The van der Waals surface area contributed by atoms with E-state index in [2.05, 4.69) is 10.1 Å². The maximum absolute atomic E-state index is 13.5. The van der Waals surface area contributed by atoms with Crippen LogP contribution < -0.4 is 0 Å². The van der Waals surface area contributed by atoms with Gasteiger partial charge >= 0.3 is 0 Å². The highest BCUT2D eigenvalue weighted by atomic mass is 19.1. The van der Waals surface area contributed by atoms with Crippen LogP contribution in [0.1, 0.15) is 24.7 Å². The Kier molecular flexibility index (Phi) is 2.40. The number of hydrogen-bond acceptors (Lipinski definition) is 4. The van der Waals surface area contributed by atoms with Crippen molar-refractivity contribution >= 4 is 0 Å². The van der Waals surface area contributed by atoms with Gasteiger partial charge in [-0.2, -0.15) is 4.98 Å². The first-order valence-electron chi connectivity index (χ1n) is 5.50. The van der Waals surface area contributed by atoms with E-state index in [1.807, 2.05) is 0 Å². The number of nitrogens with zero attached hydrogens (tertiary/aromatic N) is 2. The first kappa shape index (κ1) is 10.4. The summed E-state index contributed by atoms with van der Waals surface area (Å²) >= 11 is 0. The lowest BCUT2D eigenvalue weighted by molar-refractivity contribution is 0.0625. The summed E-state index contributed by atoms with van der Waals surface area (Å²) in [5.41, 5.74) is 0.336. The predicted octanol–water partition coefficient (Wildman–Crippen LogP) is 2.11. The largest absolute Gasteiger partial charge is 0.393 e. The fraction of sp³-hybridized carbons (Fsp3) is 0.333. The standard InChI is InChI=1S/C12H11FN2O2/c13-10-4-2-1-3-9(10)11-14-12(17-15-11)7-5-8(16)6-7/h1-4,7-8,16H,5-6H2. The van der Waals surface area contributed by atoms with Crippen molar-refractivity contribution in [2.24, 2.45) is 0 Å². The van der Waals surface area contributed by atoms with Gasteiger partial charge in [0.2, 0.25) is 11.7 Å². The molecule has 2 aromatic rings. The Hall–Kier alpha value is -1.75. The summed E-state index contributed by atoms with van der Waals surface area (Å²) in [7, 11) is 0. The Morgan fingerprint density at radius 3 is 2.76 bits per heavy atom. The number of aliphatic hydroxyl groups excluding tert-OH is 1. The summed E-state index contributed by atoms with van der Waals surface area (Å²) in [5.74, 6) is 0.486. The van der Waals surface area contributed by atoms with Crippen molar-refractivity contribution in [3.05, 3.63) is 36.0 Å². The number of aromatic nitrogens is 2. The van der Waals surface area contributed by atoms with Crippen LogP contribution in [0, 0.1) is 5.82 Å². The molecule has 3 rings (SSSR count). The molecule has 0 atom stereocenters. The van der Waals surface area contributed by atoms with Crippen molar-refractivity contribution in [3.63, 3.8) is 0 Å². The van der Waals surface area contributed by atoms with E-state index < -0.39 is 0 Å². The van der Waals surface area contributed by atoms with E-state index >= 15 is 0 Å². The average molecular weight is 234 g/mol. The quantitative estimate of drug-likeness (QED) is 0.864. The monoisotopic (exact) mass is 234 g/mol. The van der Waals surface area contributed by atoms with E-state index in [0.29, 0.717) is 24.3 Å². The van der Waals surface area contributed by atoms with Gasteiger partial charge in [-0.3, -0.25) is 0 Å². The minimum atomic E-state index is -0.367. The number of aliphatic hydroxyl groups is 1. The Bertz CT molecular complexity index is 535. The molecule has 1 aromatic heterocycles. The first-order valence-corrected chi connectivity index (χ1v) is 5.50. The maximum Gasteiger partial charge on any atom is 0.230 e. The van der Waals surface area contributed by atoms with Gasteiger partial charge in [0, 0.05) is 5.92 Å². The highest BCUT2D eigenvalue weighted by molar-refractivity contribution is 5.54. The molecule has 0 amide bonds. The molecule has 0 aliphatic heterocycles. The minimum absolute atomic E-state index is 0.109. The number of benzene rings is 1. The normalized spacial score (nSPS) is 23.4. The molecular weight excluding hydrogens is 223 g/mol. The highest BCUT2D eigenvalue weighted by Crippen LogP contribution is 2.36. The third-order valence-corrected chi connectivity index (χ3v) is 3.02. The van der Waals surface area contributed by atoms with Gasteiger partial charge in [0.25, 0.3) is 0 Å². The van der Waals surface area contributed by atoms with E-state index in [1.165, 1.54) is 6.07 Å². The van der Waals surface area contributed by atoms with E-state index in [9.17, 15) is 9.50 Å². The number of halogens is 1. The molecule has 0 bridgehead atoms. The van der Waals surface area contributed by atoms with Crippen LogP contribution in [0.25, 0.3) is 11.4 Å². The van der Waals surface area contributed by atoms with Gasteiger partial charge in [-0.25, -0.2) is 4.39 Å². The molecule has 0 saturated heterocycles. The third-order valence-electron chi connectivity index (χ3n) is 3.02. The third kappa shape index (κ3) is 1.82. The van der Waals surface area contributed by atoms with Crippen molar-refractivity contribution in [1.82, 2.24) is 10.1 Å². The van der Waals surface area contributed by atoms with Gasteiger partial charge in [0.15, 0.2) is 0 Å². The van der Waals surface area contributed by atoms with Crippen LogP contribution >= 0.6 is 0 Å². The lowest BCUT2D eigenvalue weighted by Crippen LogP contribution is -2.26. The van der Waals surface area contributed by atoms with E-state index in [0.717, 1.165) is 0 Å². The highest BCUT2D eigenvalue weighted by Gasteiger charge is 2.33. The smallest absolute Gasteiger partial charge is 0.230 e. The molecule has 1 heterocycles. The SMILES string of the molecule is OC1CC(c2nc(-c3ccccc3F)no2)C1.